The number of hydrogen-bond acceptors (Lipinski definition) is 5. The number of sulfonamides is 1. The molecule has 10 heteroatoms. The highest BCUT2D eigenvalue weighted by Crippen LogP contribution is 2.35. The minimum absolute atomic E-state index is 0.254. The molecule has 4 aromatic rings. The van der Waals surface area contributed by atoms with Crippen LogP contribution < -0.4 is 9.80 Å². The Balaban J connectivity index is 1.42. The van der Waals surface area contributed by atoms with Crippen molar-refractivity contribution < 1.29 is 21.6 Å². The van der Waals surface area contributed by atoms with Crippen LogP contribution in [0.3, 0.4) is 0 Å². The lowest BCUT2D eigenvalue weighted by molar-refractivity contribution is -0.137. The molecule has 0 saturated carbocycles. The van der Waals surface area contributed by atoms with Gasteiger partial charge >= 0.3 is 6.18 Å². The van der Waals surface area contributed by atoms with Crippen LogP contribution >= 0.6 is 0 Å². The van der Waals surface area contributed by atoms with Crippen LogP contribution in [-0.2, 0) is 16.2 Å². The van der Waals surface area contributed by atoms with Gasteiger partial charge in [-0.1, -0.05) is 30.3 Å². The zero-order valence-electron chi connectivity index (χ0n) is 19.8. The highest BCUT2D eigenvalue weighted by Gasteiger charge is 2.32. The Hall–Kier alpha value is -3.37. The standard InChI is InChI=1S/C26H25F3N4O2S/c1-31(2)23-7-3-6-20-19(23)5-4-8-25(20)36(34,35)33-15-13-32(14-16-33)24-11-12-30-22-17-18(26(27,28)29)9-10-21(22)24/h3-12,17H,13-16H2,1-2H3. The maximum atomic E-state index is 13.6. The smallest absolute Gasteiger partial charge is 0.377 e. The lowest BCUT2D eigenvalue weighted by atomic mass is 10.1. The minimum Gasteiger partial charge on any atom is -0.377 e. The molecule has 0 aliphatic carbocycles. The molecule has 0 spiro atoms. The fourth-order valence-electron chi connectivity index (χ4n) is 4.77. The van der Waals surface area contributed by atoms with E-state index in [0.29, 0.717) is 23.9 Å². The second-order valence-electron chi connectivity index (χ2n) is 8.97. The predicted molar refractivity (Wildman–Crippen MR) is 136 cm³/mol. The van der Waals surface area contributed by atoms with E-state index >= 15 is 0 Å². The lowest BCUT2D eigenvalue weighted by Crippen LogP contribution is -2.48. The summed E-state index contributed by atoms with van der Waals surface area (Å²) in [5.74, 6) is 0. The molecule has 6 nitrogen and oxygen atoms in total. The molecule has 1 fully saturated rings. The number of halogens is 3. The molecule has 0 atom stereocenters. The van der Waals surface area contributed by atoms with Crippen LogP contribution in [-0.4, -0.2) is 58.0 Å². The average Bonchev–Trinajstić information content (AvgIpc) is 2.86. The van der Waals surface area contributed by atoms with E-state index in [2.05, 4.69) is 4.98 Å². The summed E-state index contributed by atoms with van der Waals surface area (Å²) in [6, 6.07) is 16.2. The number of aromatic nitrogens is 1. The minimum atomic E-state index is -4.44. The molecule has 1 aliphatic heterocycles. The van der Waals surface area contributed by atoms with Crippen LogP contribution in [0.5, 0.6) is 0 Å². The Morgan fingerprint density at radius 3 is 2.25 bits per heavy atom. The molecule has 0 radical (unpaired) electrons. The molecular formula is C26H25F3N4O2S. The second kappa shape index (κ2) is 8.94. The van der Waals surface area contributed by atoms with Gasteiger partial charge in [0.05, 0.1) is 16.0 Å². The Morgan fingerprint density at radius 2 is 1.56 bits per heavy atom. The van der Waals surface area contributed by atoms with Crippen LogP contribution in [0.2, 0.25) is 0 Å². The van der Waals surface area contributed by atoms with Gasteiger partial charge in [0.25, 0.3) is 0 Å². The summed E-state index contributed by atoms with van der Waals surface area (Å²) in [4.78, 5) is 8.34. The van der Waals surface area contributed by atoms with Crippen molar-refractivity contribution in [2.45, 2.75) is 11.1 Å². The number of benzene rings is 3. The molecule has 5 rings (SSSR count). The Kier molecular flexibility index (Phi) is 6.04. The third-order valence-corrected chi connectivity index (χ3v) is 8.54. The summed E-state index contributed by atoms with van der Waals surface area (Å²) in [5, 5.41) is 2.14. The van der Waals surface area contributed by atoms with Crippen molar-refractivity contribution >= 4 is 43.1 Å². The van der Waals surface area contributed by atoms with E-state index in [1.165, 1.54) is 16.6 Å². The SMILES string of the molecule is CN(C)c1cccc2c(S(=O)(=O)N3CCN(c4ccnc5cc(C(F)(F)F)ccc45)CC3)cccc12. The van der Waals surface area contributed by atoms with Gasteiger partial charge in [-0.3, -0.25) is 4.98 Å². The molecule has 3 aromatic carbocycles. The zero-order valence-corrected chi connectivity index (χ0v) is 20.6. The molecule has 0 unspecified atom stereocenters. The van der Waals surface area contributed by atoms with Crippen LogP contribution in [0.4, 0.5) is 24.5 Å². The van der Waals surface area contributed by atoms with E-state index < -0.39 is 21.8 Å². The number of hydrogen-bond donors (Lipinski definition) is 0. The van der Waals surface area contributed by atoms with Crippen molar-refractivity contribution in [1.82, 2.24) is 9.29 Å². The highest BCUT2D eigenvalue weighted by molar-refractivity contribution is 7.89. The molecule has 36 heavy (non-hydrogen) atoms. The highest BCUT2D eigenvalue weighted by atomic mass is 32.2. The Morgan fingerprint density at radius 1 is 0.861 bits per heavy atom. The maximum Gasteiger partial charge on any atom is 0.416 e. The van der Waals surface area contributed by atoms with Gasteiger partial charge in [-0.05, 0) is 30.3 Å². The first-order chi connectivity index (χ1) is 17.1. The van der Waals surface area contributed by atoms with Gasteiger partial charge < -0.3 is 9.80 Å². The number of rotatable bonds is 4. The normalized spacial score (nSPS) is 15.5. The monoisotopic (exact) mass is 514 g/mol. The van der Waals surface area contributed by atoms with E-state index in [4.69, 9.17) is 0 Å². The number of fused-ring (bicyclic) bond motifs is 2. The summed E-state index contributed by atoms with van der Waals surface area (Å²) in [5.41, 5.74) is 1.19. The van der Waals surface area contributed by atoms with Crippen molar-refractivity contribution in [2.75, 3.05) is 50.1 Å². The third-order valence-electron chi connectivity index (χ3n) is 6.59. The van der Waals surface area contributed by atoms with Crippen molar-refractivity contribution in [2.24, 2.45) is 0 Å². The number of nitrogens with zero attached hydrogens (tertiary/aromatic N) is 4. The molecule has 0 amide bonds. The average molecular weight is 515 g/mol. The van der Waals surface area contributed by atoms with Gasteiger partial charge in [0, 0.05) is 74.0 Å². The van der Waals surface area contributed by atoms with E-state index in [0.717, 1.165) is 28.9 Å². The van der Waals surface area contributed by atoms with Crippen molar-refractivity contribution in [3.05, 3.63) is 72.4 Å². The summed E-state index contributed by atoms with van der Waals surface area (Å²) in [6.45, 7) is 1.34. The topological polar surface area (TPSA) is 56.8 Å². The van der Waals surface area contributed by atoms with E-state index in [9.17, 15) is 21.6 Å². The third kappa shape index (κ3) is 4.24. The molecule has 188 valence electrons. The Labute approximate surface area is 207 Å². The van der Waals surface area contributed by atoms with Gasteiger partial charge in [-0.2, -0.15) is 17.5 Å². The van der Waals surface area contributed by atoms with E-state index in [-0.39, 0.29) is 23.5 Å². The number of anilines is 2. The van der Waals surface area contributed by atoms with Crippen LogP contribution in [0.25, 0.3) is 21.7 Å². The van der Waals surface area contributed by atoms with Crippen LogP contribution in [0, 0.1) is 0 Å². The largest absolute Gasteiger partial charge is 0.416 e. The summed E-state index contributed by atoms with van der Waals surface area (Å²) >= 11 is 0. The molecule has 0 bridgehead atoms. The summed E-state index contributed by atoms with van der Waals surface area (Å²) < 4.78 is 68.1. The van der Waals surface area contributed by atoms with Gasteiger partial charge in [-0.25, -0.2) is 8.42 Å². The Bertz CT molecular complexity index is 1550. The second-order valence-corrected chi connectivity index (χ2v) is 10.9. The summed E-state index contributed by atoms with van der Waals surface area (Å²) in [7, 11) is 0.0867. The first-order valence-corrected chi connectivity index (χ1v) is 12.9. The molecular weight excluding hydrogens is 489 g/mol. The maximum absolute atomic E-state index is 13.6. The molecule has 2 heterocycles. The molecule has 1 saturated heterocycles. The first kappa shape index (κ1) is 24.3. The molecule has 0 N–H and O–H groups in total. The molecule has 1 aliphatic rings. The fourth-order valence-corrected chi connectivity index (χ4v) is 6.40. The first-order valence-electron chi connectivity index (χ1n) is 11.5. The van der Waals surface area contributed by atoms with Gasteiger partial charge in [0.1, 0.15) is 0 Å². The van der Waals surface area contributed by atoms with Gasteiger partial charge in [0.2, 0.25) is 10.0 Å². The number of pyridine rings is 1. The quantitative estimate of drug-likeness (QED) is 0.384. The fraction of sp³-hybridized carbons (Fsp3) is 0.269. The van der Waals surface area contributed by atoms with E-state index in [1.807, 2.05) is 48.2 Å². The lowest BCUT2D eigenvalue weighted by Gasteiger charge is -2.36. The van der Waals surface area contributed by atoms with Crippen molar-refractivity contribution in [3.8, 4) is 0 Å². The van der Waals surface area contributed by atoms with Crippen molar-refractivity contribution in [3.63, 3.8) is 0 Å². The van der Waals surface area contributed by atoms with Crippen LogP contribution in [0.1, 0.15) is 5.56 Å². The van der Waals surface area contributed by atoms with Crippen molar-refractivity contribution in [1.29, 1.82) is 0 Å². The molecule has 1 aromatic heterocycles. The van der Waals surface area contributed by atoms with Gasteiger partial charge in [-0.15, -0.1) is 0 Å². The summed E-state index contributed by atoms with van der Waals surface area (Å²) in [6.07, 6.45) is -2.96. The van der Waals surface area contributed by atoms with Crippen LogP contribution in [0.15, 0.2) is 71.8 Å². The predicted octanol–water partition coefficient (Wildman–Crippen LogP) is 4.98. The zero-order chi connectivity index (χ0) is 25.7. The number of piperazine rings is 1. The number of alkyl halides is 3. The van der Waals surface area contributed by atoms with Gasteiger partial charge in [0.15, 0.2) is 0 Å². The van der Waals surface area contributed by atoms with E-state index in [1.54, 1.807) is 18.2 Å².